The molecule has 0 N–H and O–H groups in total. The van der Waals surface area contributed by atoms with Crippen molar-refractivity contribution < 1.29 is 18.8 Å². The molecule has 0 unspecified atom stereocenters. The van der Waals surface area contributed by atoms with E-state index >= 15 is 0 Å². The molecule has 0 fully saturated rings. The van der Waals surface area contributed by atoms with Crippen molar-refractivity contribution in [3.8, 4) is 0 Å². The molecule has 0 heterocycles. The molecule has 14 heavy (non-hydrogen) atoms. The Morgan fingerprint density at radius 3 is 1.64 bits per heavy atom. The van der Waals surface area contributed by atoms with E-state index in [1.54, 1.807) is 0 Å². The van der Waals surface area contributed by atoms with E-state index in [0.29, 0.717) is 0 Å². The van der Waals surface area contributed by atoms with Gasteiger partial charge < -0.3 is 0 Å². The molecule has 0 radical (unpaired) electrons. The Hall–Kier alpha value is -0.553. The zero-order chi connectivity index (χ0) is 6.85. The Bertz CT molecular complexity index is 212. The third-order valence-corrected chi connectivity index (χ3v) is 1.95. The molecule has 0 saturated carbocycles. The van der Waals surface area contributed by atoms with Gasteiger partial charge in [-0.3, -0.25) is 18.8 Å². The molecule has 88 valence electrons. The summed E-state index contributed by atoms with van der Waals surface area (Å²) in [6.45, 7) is 4.08. The minimum Gasteiger partial charge on any atom is -0.269 e. The molecular formula is C8H17ClF4Si. The second kappa shape index (κ2) is 12.4. The maximum absolute atomic E-state index is 5.81. The number of aryl methyl sites for hydroxylation is 1. The largest absolute Gasteiger partial charge is 0.269 e. The molecule has 0 aliphatic rings. The van der Waals surface area contributed by atoms with Crippen LogP contribution in [0.4, 0.5) is 18.8 Å². The molecule has 6 heteroatoms. The molecule has 0 aliphatic carbocycles. The van der Waals surface area contributed by atoms with Gasteiger partial charge in [0.1, 0.15) is 0 Å². The van der Waals surface area contributed by atoms with Crippen molar-refractivity contribution >= 4 is 22.6 Å². The molecule has 0 spiro atoms. The van der Waals surface area contributed by atoms with Crippen LogP contribution >= 0.6 is 11.6 Å². The molecule has 0 nitrogen and oxygen atoms in total. The summed E-state index contributed by atoms with van der Waals surface area (Å²) in [6.07, 6.45) is 0. The van der Waals surface area contributed by atoms with Gasteiger partial charge in [0.05, 0.1) is 0 Å². The molecule has 1 rings (SSSR count). The Balaban J connectivity index is -0.0000000540. The highest BCUT2D eigenvalue weighted by atomic mass is 35.5. The average molecular weight is 253 g/mol. The Morgan fingerprint density at radius 2 is 1.36 bits per heavy atom. The SMILES string of the molecule is Cc1cccc(Cl)c1C.F.F.F.F.[SiH4]. The Morgan fingerprint density at radius 1 is 0.929 bits per heavy atom. The molecule has 0 saturated heterocycles. The summed E-state index contributed by atoms with van der Waals surface area (Å²) in [7, 11) is 0. The maximum atomic E-state index is 5.81. The number of hydrogen-bond acceptors (Lipinski definition) is 0. The summed E-state index contributed by atoms with van der Waals surface area (Å²) >= 11 is 5.81. The molecule has 1 aromatic rings. The van der Waals surface area contributed by atoms with Crippen molar-refractivity contribution in [2.75, 3.05) is 0 Å². The van der Waals surface area contributed by atoms with Crippen LogP contribution in [0.3, 0.4) is 0 Å². The van der Waals surface area contributed by atoms with E-state index in [0.717, 1.165) is 5.02 Å². The number of hydrogen-bond donors (Lipinski definition) is 0. The van der Waals surface area contributed by atoms with Crippen LogP contribution in [0, 0.1) is 13.8 Å². The van der Waals surface area contributed by atoms with Gasteiger partial charge in [0.15, 0.2) is 0 Å². The van der Waals surface area contributed by atoms with Crippen LogP contribution < -0.4 is 0 Å². The maximum Gasteiger partial charge on any atom is 0.0437 e. The number of halogens is 5. The predicted octanol–water partition coefficient (Wildman–Crippen LogP) is 2.12. The lowest BCUT2D eigenvalue weighted by Gasteiger charge is -1.98. The third kappa shape index (κ3) is 6.91. The number of rotatable bonds is 0. The first-order valence-electron chi connectivity index (χ1n) is 2.93. The zero-order valence-electron chi connectivity index (χ0n) is 7.24. The Labute approximate surface area is 90.2 Å². The fourth-order valence-corrected chi connectivity index (χ4v) is 0.937. The molecule has 0 amide bonds. The van der Waals surface area contributed by atoms with Gasteiger partial charge in [0.25, 0.3) is 0 Å². The van der Waals surface area contributed by atoms with E-state index in [1.807, 2.05) is 19.1 Å². The van der Waals surface area contributed by atoms with E-state index in [-0.39, 0.29) is 29.8 Å². The molecule has 0 bridgehead atoms. The van der Waals surface area contributed by atoms with Crippen LogP contribution in [0.5, 0.6) is 0 Å². The first-order valence-corrected chi connectivity index (χ1v) is 3.31. The van der Waals surface area contributed by atoms with Gasteiger partial charge in [-0.15, -0.1) is 0 Å². The smallest absolute Gasteiger partial charge is 0.0437 e. The van der Waals surface area contributed by atoms with Gasteiger partial charge in [-0.2, -0.15) is 0 Å². The summed E-state index contributed by atoms with van der Waals surface area (Å²) in [4.78, 5) is 0. The van der Waals surface area contributed by atoms with Crippen LogP contribution in [0.25, 0.3) is 0 Å². The fraction of sp³-hybridized carbons (Fsp3) is 0.250. The van der Waals surface area contributed by atoms with Crippen molar-refractivity contribution in [3.05, 3.63) is 34.3 Å². The molecule has 1 aromatic carbocycles. The second-order valence-corrected chi connectivity index (χ2v) is 2.59. The van der Waals surface area contributed by atoms with Crippen LogP contribution in [0.15, 0.2) is 18.2 Å². The highest BCUT2D eigenvalue weighted by Crippen LogP contribution is 2.16. The van der Waals surface area contributed by atoms with Crippen LogP contribution in [-0.4, -0.2) is 11.0 Å². The van der Waals surface area contributed by atoms with Crippen LogP contribution in [-0.2, 0) is 0 Å². The monoisotopic (exact) mass is 252 g/mol. The quantitative estimate of drug-likeness (QED) is 0.490. The van der Waals surface area contributed by atoms with Gasteiger partial charge >= 0.3 is 0 Å². The first kappa shape index (κ1) is 29.2. The van der Waals surface area contributed by atoms with Crippen molar-refractivity contribution in [1.29, 1.82) is 0 Å². The lowest BCUT2D eigenvalue weighted by Crippen LogP contribution is -1.78. The second-order valence-electron chi connectivity index (χ2n) is 2.18. The normalized spacial score (nSPS) is 6.21. The average Bonchev–Trinajstić information content (AvgIpc) is 1.83. The highest BCUT2D eigenvalue weighted by molar-refractivity contribution is 6.31. The predicted molar refractivity (Wildman–Crippen MR) is 62.3 cm³/mol. The third-order valence-electron chi connectivity index (χ3n) is 1.54. The van der Waals surface area contributed by atoms with E-state index in [2.05, 4.69) is 13.0 Å². The van der Waals surface area contributed by atoms with Crippen molar-refractivity contribution in [2.45, 2.75) is 13.8 Å². The minimum absolute atomic E-state index is 0. The summed E-state index contributed by atoms with van der Waals surface area (Å²) in [5, 5.41) is 0.856. The zero-order valence-corrected chi connectivity index (χ0v) is 8.00. The lowest BCUT2D eigenvalue weighted by atomic mass is 10.1. The van der Waals surface area contributed by atoms with Gasteiger partial charge in [-0.05, 0) is 42.0 Å². The molecule has 0 aromatic heterocycles. The van der Waals surface area contributed by atoms with Crippen LogP contribution in [0.1, 0.15) is 11.1 Å². The highest BCUT2D eigenvalue weighted by Gasteiger charge is 1.93. The van der Waals surface area contributed by atoms with Crippen molar-refractivity contribution in [2.24, 2.45) is 0 Å². The van der Waals surface area contributed by atoms with E-state index in [1.165, 1.54) is 11.1 Å². The molecule has 0 aliphatic heterocycles. The molecule has 0 atom stereocenters. The summed E-state index contributed by atoms with van der Waals surface area (Å²) in [5.41, 5.74) is 2.43. The number of benzene rings is 1. The van der Waals surface area contributed by atoms with E-state index in [9.17, 15) is 0 Å². The van der Waals surface area contributed by atoms with Gasteiger partial charge in [-0.25, -0.2) is 0 Å². The summed E-state index contributed by atoms with van der Waals surface area (Å²) in [5.74, 6) is 0. The van der Waals surface area contributed by atoms with E-state index < -0.39 is 0 Å². The van der Waals surface area contributed by atoms with Crippen molar-refractivity contribution in [3.63, 3.8) is 0 Å². The Kier molecular flexibility index (Phi) is 26.0. The fourth-order valence-electron chi connectivity index (χ4n) is 0.715. The van der Waals surface area contributed by atoms with E-state index in [4.69, 9.17) is 11.6 Å². The van der Waals surface area contributed by atoms with Gasteiger partial charge in [-0.1, -0.05) is 23.7 Å². The van der Waals surface area contributed by atoms with Crippen LogP contribution in [0.2, 0.25) is 5.02 Å². The summed E-state index contributed by atoms with van der Waals surface area (Å²) in [6, 6.07) is 5.93. The van der Waals surface area contributed by atoms with Gasteiger partial charge in [0.2, 0.25) is 0 Å². The van der Waals surface area contributed by atoms with Crippen molar-refractivity contribution in [1.82, 2.24) is 0 Å². The summed E-state index contributed by atoms with van der Waals surface area (Å²) < 4.78 is 0. The molecular weight excluding hydrogens is 236 g/mol. The lowest BCUT2D eigenvalue weighted by molar-refractivity contribution is 1.11. The minimum atomic E-state index is 0. The van der Waals surface area contributed by atoms with Gasteiger partial charge in [0, 0.05) is 5.02 Å². The standard InChI is InChI=1S/C8H9Cl.4FH.H4Si/c1-6-4-3-5-8(9)7(6)2;;;;;/h3-5H,1-2H3;4*1H;1H4. The topological polar surface area (TPSA) is 0 Å². The first-order chi connectivity index (χ1) is 4.22.